The van der Waals surface area contributed by atoms with Crippen LogP contribution in [-0.4, -0.2) is 30.0 Å². The number of carbonyl (C=O) groups excluding carboxylic acids is 1. The molecule has 0 fully saturated rings. The van der Waals surface area contributed by atoms with Crippen LogP contribution >= 0.6 is 0 Å². The van der Waals surface area contributed by atoms with Gasteiger partial charge in [-0.1, -0.05) is 92.7 Å². The number of benzene rings is 3. The van der Waals surface area contributed by atoms with Crippen LogP contribution in [0, 0.1) is 5.92 Å². The maximum atomic E-state index is 12.0. The molecule has 178 valence electrons. The Morgan fingerprint density at radius 3 is 2.24 bits per heavy atom. The standard InChI is InChI=1S/C27H33N5O2/c1-19(2)25(27(33)34-3)30-17-20-13-15-22(16-14-20)23-11-7-8-12-24(23)26(31-28)32(29)18-21-9-5-4-6-10-21/h4-16,19,25,30H,17-18,28-29H2,1-3H3/b31-26-. The first-order chi connectivity index (χ1) is 16.4. The number of hydrogen-bond acceptors (Lipinski definition) is 6. The number of nitrogens with one attached hydrogen (secondary N) is 1. The first kappa shape index (κ1) is 25.0. The van der Waals surface area contributed by atoms with Crippen molar-refractivity contribution in [3.05, 3.63) is 95.6 Å². The molecular weight excluding hydrogens is 426 g/mol. The maximum Gasteiger partial charge on any atom is 0.323 e. The van der Waals surface area contributed by atoms with Crippen LogP contribution in [0.25, 0.3) is 11.1 Å². The van der Waals surface area contributed by atoms with Gasteiger partial charge in [-0.2, -0.15) is 5.10 Å². The summed E-state index contributed by atoms with van der Waals surface area (Å²) in [6.07, 6.45) is 0. The van der Waals surface area contributed by atoms with Crippen LogP contribution in [0.5, 0.6) is 0 Å². The Labute approximate surface area is 201 Å². The van der Waals surface area contributed by atoms with E-state index in [4.69, 9.17) is 16.4 Å². The van der Waals surface area contributed by atoms with E-state index in [1.54, 1.807) is 5.01 Å². The second-order valence-electron chi connectivity index (χ2n) is 8.43. The fourth-order valence-electron chi connectivity index (χ4n) is 3.83. The lowest BCUT2D eigenvalue weighted by molar-refractivity contribution is -0.144. The van der Waals surface area contributed by atoms with Gasteiger partial charge < -0.3 is 15.9 Å². The monoisotopic (exact) mass is 459 g/mol. The Bertz CT molecular complexity index is 1100. The molecule has 5 N–H and O–H groups in total. The minimum Gasteiger partial charge on any atom is -0.468 e. The largest absolute Gasteiger partial charge is 0.468 e. The molecule has 0 saturated carbocycles. The Balaban J connectivity index is 1.79. The van der Waals surface area contributed by atoms with Crippen LogP contribution in [0.1, 0.15) is 30.5 Å². The summed E-state index contributed by atoms with van der Waals surface area (Å²) in [5.74, 6) is 12.5. The van der Waals surface area contributed by atoms with Gasteiger partial charge in [0.05, 0.1) is 13.7 Å². The summed E-state index contributed by atoms with van der Waals surface area (Å²) in [7, 11) is 1.41. The smallest absolute Gasteiger partial charge is 0.323 e. The fraction of sp³-hybridized carbons (Fsp3) is 0.259. The Morgan fingerprint density at radius 2 is 1.62 bits per heavy atom. The van der Waals surface area contributed by atoms with Gasteiger partial charge in [-0.15, -0.1) is 0 Å². The predicted molar refractivity (Wildman–Crippen MR) is 136 cm³/mol. The zero-order valence-corrected chi connectivity index (χ0v) is 19.9. The number of carbonyl (C=O) groups is 1. The Hall–Kier alpha value is -3.68. The number of ether oxygens (including phenoxy) is 1. The summed E-state index contributed by atoms with van der Waals surface area (Å²) < 4.78 is 4.90. The number of nitrogens with two attached hydrogens (primary N) is 2. The second-order valence-corrected chi connectivity index (χ2v) is 8.43. The van der Waals surface area contributed by atoms with Crippen molar-refractivity contribution in [2.24, 2.45) is 22.7 Å². The van der Waals surface area contributed by atoms with E-state index in [1.807, 2.05) is 92.7 Å². The molecule has 7 heteroatoms. The zero-order chi connectivity index (χ0) is 24.5. The average molecular weight is 460 g/mol. The lowest BCUT2D eigenvalue weighted by atomic mass is 9.97. The molecule has 3 aromatic carbocycles. The first-order valence-corrected chi connectivity index (χ1v) is 11.3. The molecule has 0 spiro atoms. The van der Waals surface area contributed by atoms with Gasteiger partial charge in [0, 0.05) is 12.1 Å². The molecule has 0 aliphatic rings. The van der Waals surface area contributed by atoms with Crippen molar-refractivity contribution in [3.8, 4) is 11.1 Å². The zero-order valence-electron chi connectivity index (χ0n) is 19.9. The molecule has 1 unspecified atom stereocenters. The van der Waals surface area contributed by atoms with Gasteiger partial charge in [0.1, 0.15) is 6.04 Å². The van der Waals surface area contributed by atoms with E-state index in [2.05, 4.69) is 10.4 Å². The summed E-state index contributed by atoms with van der Waals surface area (Å²) >= 11 is 0. The number of esters is 1. The molecule has 34 heavy (non-hydrogen) atoms. The van der Waals surface area contributed by atoms with Gasteiger partial charge in [0.2, 0.25) is 0 Å². The van der Waals surface area contributed by atoms with Crippen molar-refractivity contribution in [2.75, 3.05) is 7.11 Å². The summed E-state index contributed by atoms with van der Waals surface area (Å²) in [6, 6.07) is 25.7. The van der Waals surface area contributed by atoms with Crippen LogP contribution in [0.15, 0.2) is 84.0 Å². The summed E-state index contributed by atoms with van der Waals surface area (Å²) in [4.78, 5) is 12.0. The van der Waals surface area contributed by atoms with Crippen LogP contribution in [0.3, 0.4) is 0 Å². The molecule has 3 rings (SSSR count). The van der Waals surface area contributed by atoms with Crippen molar-refractivity contribution >= 4 is 11.8 Å². The summed E-state index contributed by atoms with van der Waals surface area (Å²) in [6.45, 7) is 5.02. The lowest BCUT2D eigenvalue weighted by Crippen LogP contribution is -2.41. The molecule has 0 radical (unpaired) electrons. The SMILES string of the molecule is COC(=O)C(NCc1ccc(-c2ccccc2/C(=N/N)N(N)Cc2ccccc2)cc1)C(C)C. The number of amidine groups is 1. The van der Waals surface area contributed by atoms with Crippen molar-refractivity contribution < 1.29 is 9.53 Å². The highest BCUT2D eigenvalue weighted by molar-refractivity contribution is 6.04. The quantitative estimate of drug-likeness (QED) is 0.148. The number of hydrazone groups is 1. The molecule has 0 aromatic heterocycles. The highest BCUT2D eigenvalue weighted by atomic mass is 16.5. The van der Waals surface area contributed by atoms with E-state index in [0.717, 1.165) is 27.8 Å². The lowest BCUT2D eigenvalue weighted by Gasteiger charge is -2.22. The van der Waals surface area contributed by atoms with E-state index in [-0.39, 0.29) is 17.9 Å². The van der Waals surface area contributed by atoms with E-state index in [1.165, 1.54) is 7.11 Å². The van der Waals surface area contributed by atoms with Gasteiger partial charge in [-0.05, 0) is 28.2 Å². The molecule has 0 aliphatic heterocycles. The molecule has 0 bridgehead atoms. The molecular formula is C27H33N5O2. The minimum atomic E-state index is -0.353. The maximum absolute atomic E-state index is 12.0. The molecule has 3 aromatic rings. The summed E-state index contributed by atoms with van der Waals surface area (Å²) in [5.41, 5.74) is 4.96. The number of hydrazine groups is 1. The van der Waals surface area contributed by atoms with Gasteiger partial charge in [-0.3, -0.25) is 9.80 Å². The van der Waals surface area contributed by atoms with E-state index >= 15 is 0 Å². The number of methoxy groups -OCH3 is 1. The van der Waals surface area contributed by atoms with Gasteiger partial charge in [0.15, 0.2) is 5.84 Å². The predicted octanol–water partition coefficient (Wildman–Crippen LogP) is 3.64. The number of nitrogens with zero attached hydrogens (tertiary/aromatic N) is 2. The van der Waals surface area contributed by atoms with E-state index in [9.17, 15) is 4.79 Å². The Morgan fingerprint density at radius 1 is 0.971 bits per heavy atom. The number of rotatable bonds is 9. The molecule has 0 aliphatic carbocycles. The summed E-state index contributed by atoms with van der Waals surface area (Å²) in [5, 5.41) is 8.86. The van der Waals surface area contributed by atoms with E-state index < -0.39 is 0 Å². The van der Waals surface area contributed by atoms with Gasteiger partial charge in [-0.25, -0.2) is 5.84 Å². The molecule has 0 saturated heterocycles. The van der Waals surface area contributed by atoms with Crippen LogP contribution in [0.2, 0.25) is 0 Å². The highest BCUT2D eigenvalue weighted by Gasteiger charge is 2.22. The fourth-order valence-corrected chi connectivity index (χ4v) is 3.83. The van der Waals surface area contributed by atoms with Crippen molar-refractivity contribution in [1.29, 1.82) is 0 Å². The van der Waals surface area contributed by atoms with Crippen LogP contribution < -0.4 is 17.0 Å². The topological polar surface area (TPSA) is 106 Å². The van der Waals surface area contributed by atoms with Crippen LogP contribution in [-0.2, 0) is 22.6 Å². The van der Waals surface area contributed by atoms with E-state index in [0.29, 0.717) is 18.9 Å². The van der Waals surface area contributed by atoms with Crippen molar-refractivity contribution in [3.63, 3.8) is 0 Å². The highest BCUT2D eigenvalue weighted by Crippen LogP contribution is 2.25. The van der Waals surface area contributed by atoms with Crippen molar-refractivity contribution in [1.82, 2.24) is 10.3 Å². The minimum absolute atomic E-state index is 0.127. The van der Waals surface area contributed by atoms with Gasteiger partial charge >= 0.3 is 5.97 Å². The normalized spacial score (nSPS) is 12.4. The van der Waals surface area contributed by atoms with Gasteiger partial charge in [0.25, 0.3) is 0 Å². The molecule has 7 nitrogen and oxygen atoms in total. The third kappa shape index (κ3) is 6.21. The molecule has 1 atom stereocenters. The average Bonchev–Trinajstić information content (AvgIpc) is 2.85. The first-order valence-electron chi connectivity index (χ1n) is 11.3. The number of hydrogen-bond donors (Lipinski definition) is 3. The van der Waals surface area contributed by atoms with Crippen molar-refractivity contribution in [2.45, 2.75) is 33.0 Å². The Kier molecular flexibility index (Phi) is 8.79. The van der Waals surface area contributed by atoms with Crippen LogP contribution in [0.4, 0.5) is 0 Å². The third-order valence-electron chi connectivity index (χ3n) is 5.67. The molecule has 0 heterocycles. The second kappa shape index (κ2) is 12.0. The third-order valence-corrected chi connectivity index (χ3v) is 5.67. The molecule has 0 amide bonds.